The van der Waals surface area contributed by atoms with Gasteiger partial charge in [-0.25, -0.2) is 4.98 Å². The Bertz CT molecular complexity index is 399. The van der Waals surface area contributed by atoms with Crippen molar-refractivity contribution < 1.29 is 0 Å². The van der Waals surface area contributed by atoms with Crippen LogP contribution < -0.4 is 5.32 Å². The van der Waals surface area contributed by atoms with Crippen molar-refractivity contribution in [1.82, 2.24) is 25.1 Å². The summed E-state index contributed by atoms with van der Waals surface area (Å²) < 4.78 is 0. The van der Waals surface area contributed by atoms with Crippen LogP contribution in [0, 0.1) is 0 Å². The molecular formula is C16H31N5. The molecule has 0 aromatic carbocycles. The van der Waals surface area contributed by atoms with E-state index >= 15 is 0 Å². The fourth-order valence-electron chi connectivity index (χ4n) is 3.11. The first-order valence-electron chi connectivity index (χ1n) is 8.45. The summed E-state index contributed by atoms with van der Waals surface area (Å²) in [6.07, 6.45) is 4.12. The number of hydrogen-bond acceptors (Lipinski definition) is 4. The first kappa shape index (κ1) is 16.5. The summed E-state index contributed by atoms with van der Waals surface area (Å²) in [7, 11) is 0. The van der Waals surface area contributed by atoms with Gasteiger partial charge in [-0.1, -0.05) is 20.8 Å². The van der Waals surface area contributed by atoms with Gasteiger partial charge in [0.15, 0.2) is 0 Å². The van der Waals surface area contributed by atoms with Crippen LogP contribution in [0.3, 0.4) is 0 Å². The Morgan fingerprint density at radius 1 is 1.14 bits per heavy atom. The van der Waals surface area contributed by atoms with Crippen LogP contribution in [0.4, 0.5) is 0 Å². The normalized spacial score (nSPS) is 18.4. The third-order valence-electron chi connectivity index (χ3n) is 4.58. The number of likely N-dealkylation sites (N-methyl/N-ethyl adjacent to an activating group) is 1. The van der Waals surface area contributed by atoms with Gasteiger partial charge >= 0.3 is 0 Å². The molecule has 1 unspecified atom stereocenters. The van der Waals surface area contributed by atoms with Crippen molar-refractivity contribution in [2.75, 3.05) is 39.3 Å². The molecule has 2 N–H and O–H groups in total. The van der Waals surface area contributed by atoms with E-state index in [0.29, 0.717) is 6.04 Å². The number of hydrogen-bond donors (Lipinski definition) is 2. The average molecular weight is 293 g/mol. The zero-order chi connectivity index (χ0) is 15.1. The van der Waals surface area contributed by atoms with Gasteiger partial charge in [0.1, 0.15) is 0 Å². The van der Waals surface area contributed by atoms with Gasteiger partial charge in [0, 0.05) is 25.6 Å². The Hall–Kier alpha value is -0.910. The second-order valence-electron chi connectivity index (χ2n) is 5.88. The van der Waals surface area contributed by atoms with Gasteiger partial charge in [0.25, 0.3) is 0 Å². The smallest absolute Gasteiger partial charge is 0.0925 e. The molecule has 120 valence electrons. The molecule has 0 fully saturated rings. The third kappa shape index (κ3) is 4.80. The van der Waals surface area contributed by atoms with Crippen LogP contribution in [0.2, 0.25) is 0 Å². The lowest BCUT2D eigenvalue weighted by Gasteiger charge is -2.30. The van der Waals surface area contributed by atoms with Crippen molar-refractivity contribution in [2.24, 2.45) is 0 Å². The second kappa shape index (κ2) is 8.51. The molecule has 2 rings (SSSR count). The second-order valence-corrected chi connectivity index (χ2v) is 5.88. The van der Waals surface area contributed by atoms with E-state index in [-0.39, 0.29) is 0 Å². The summed E-state index contributed by atoms with van der Waals surface area (Å²) in [4.78, 5) is 12.7. The largest absolute Gasteiger partial charge is 0.347 e. The van der Waals surface area contributed by atoms with Gasteiger partial charge in [-0.15, -0.1) is 0 Å². The number of fused-ring (bicyclic) bond motifs is 1. The van der Waals surface area contributed by atoms with Crippen LogP contribution in [0.25, 0.3) is 0 Å². The third-order valence-corrected chi connectivity index (χ3v) is 4.58. The molecule has 0 saturated heterocycles. The minimum Gasteiger partial charge on any atom is -0.347 e. The van der Waals surface area contributed by atoms with Crippen LogP contribution >= 0.6 is 0 Å². The molecule has 1 aromatic rings. The van der Waals surface area contributed by atoms with Crippen molar-refractivity contribution in [2.45, 2.75) is 46.2 Å². The van der Waals surface area contributed by atoms with Crippen molar-refractivity contribution >= 4 is 0 Å². The summed E-state index contributed by atoms with van der Waals surface area (Å²) in [6.45, 7) is 14.7. The minimum absolute atomic E-state index is 0.536. The number of nitrogens with zero attached hydrogens (tertiary/aromatic N) is 3. The van der Waals surface area contributed by atoms with E-state index in [1.165, 1.54) is 30.9 Å². The molecule has 0 radical (unpaired) electrons. The molecule has 5 nitrogen and oxygen atoms in total. The lowest BCUT2D eigenvalue weighted by atomic mass is 10.0. The van der Waals surface area contributed by atoms with Crippen LogP contribution in [0.1, 0.15) is 38.6 Å². The van der Waals surface area contributed by atoms with Crippen LogP contribution in [-0.2, 0) is 13.0 Å². The van der Waals surface area contributed by atoms with Crippen molar-refractivity contribution in [1.29, 1.82) is 0 Å². The number of nitrogens with one attached hydrogen (secondary N) is 2. The minimum atomic E-state index is 0.536. The summed E-state index contributed by atoms with van der Waals surface area (Å²) >= 11 is 0. The van der Waals surface area contributed by atoms with Gasteiger partial charge in [0.2, 0.25) is 0 Å². The molecule has 0 amide bonds. The Labute approximate surface area is 129 Å². The highest BCUT2D eigenvalue weighted by molar-refractivity contribution is 5.15. The molecule has 1 aliphatic heterocycles. The van der Waals surface area contributed by atoms with E-state index in [1.807, 2.05) is 6.33 Å². The van der Waals surface area contributed by atoms with Gasteiger partial charge in [-0.2, -0.15) is 0 Å². The summed E-state index contributed by atoms with van der Waals surface area (Å²) in [5.41, 5.74) is 2.51. The lowest BCUT2D eigenvalue weighted by Crippen LogP contribution is -2.45. The zero-order valence-corrected chi connectivity index (χ0v) is 13.9. The molecule has 1 aliphatic rings. The molecule has 0 bridgehead atoms. The predicted molar refractivity (Wildman–Crippen MR) is 87.4 cm³/mol. The number of aromatic amines is 1. The molecular weight excluding hydrogens is 262 g/mol. The Morgan fingerprint density at radius 2 is 1.86 bits per heavy atom. The number of aromatic nitrogens is 2. The van der Waals surface area contributed by atoms with E-state index in [4.69, 9.17) is 0 Å². The molecule has 0 aliphatic carbocycles. The molecule has 5 heteroatoms. The lowest BCUT2D eigenvalue weighted by molar-refractivity contribution is 0.220. The van der Waals surface area contributed by atoms with Crippen molar-refractivity contribution in [3.63, 3.8) is 0 Å². The maximum absolute atomic E-state index is 4.43. The molecule has 2 heterocycles. The number of H-pyrrole nitrogens is 1. The Kier molecular flexibility index (Phi) is 6.67. The van der Waals surface area contributed by atoms with Gasteiger partial charge in [0.05, 0.1) is 17.7 Å². The van der Waals surface area contributed by atoms with Crippen LogP contribution in [0.15, 0.2) is 6.33 Å². The maximum Gasteiger partial charge on any atom is 0.0925 e. The van der Waals surface area contributed by atoms with Crippen LogP contribution in [-0.4, -0.2) is 65.1 Å². The SMILES string of the molecule is CCN(CC)CCCN(CC)CC1Cc2nc[nH]c2CN1. The standard InChI is InChI=1S/C16H31N5/c1-4-20(5-2)8-7-9-21(6-3)12-14-10-15-16(11-17-14)19-13-18-15/h13-14,17H,4-12H2,1-3H3,(H,18,19). The highest BCUT2D eigenvalue weighted by Crippen LogP contribution is 2.13. The highest BCUT2D eigenvalue weighted by atomic mass is 15.2. The molecule has 21 heavy (non-hydrogen) atoms. The fraction of sp³-hybridized carbons (Fsp3) is 0.812. The van der Waals surface area contributed by atoms with Crippen molar-refractivity contribution in [3.8, 4) is 0 Å². The Balaban J connectivity index is 1.73. The van der Waals surface area contributed by atoms with E-state index in [9.17, 15) is 0 Å². The topological polar surface area (TPSA) is 47.2 Å². The van der Waals surface area contributed by atoms with Gasteiger partial charge in [-0.05, 0) is 39.1 Å². The molecule has 0 spiro atoms. The number of imidazole rings is 1. The predicted octanol–water partition coefficient (Wildman–Crippen LogP) is 1.48. The Morgan fingerprint density at radius 3 is 2.57 bits per heavy atom. The number of rotatable bonds is 9. The van der Waals surface area contributed by atoms with Crippen molar-refractivity contribution in [3.05, 3.63) is 17.7 Å². The van der Waals surface area contributed by atoms with Crippen LogP contribution in [0.5, 0.6) is 0 Å². The summed E-state index contributed by atoms with van der Waals surface area (Å²) in [6, 6.07) is 0.536. The molecule has 1 atom stereocenters. The monoisotopic (exact) mass is 293 g/mol. The maximum atomic E-state index is 4.43. The average Bonchev–Trinajstić information content (AvgIpc) is 2.98. The van der Waals surface area contributed by atoms with E-state index in [1.54, 1.807) is 0 Å². The zero-order valence-electron chi connectivity index (χ0n) is 13.9. The first-order chi connectivity index (χ1) is 10.3. The summed E-state index contributed by atoms with van der Waals surface area (Å²) in [5, 5.41) is 3.62. The van der Waals surface area contributed by atoms with Gasteiger partial charge < -0.3 is 20.1 Å². The van der Waals surface area contributed by atoms with E-state index in [0.717, 1.165) is 39.1 Å². The first-order valence-corrected chi connectivity index (χ1v) is 8.45. The molecule has 1 aromatic heterocycles. The van der Waals surface area contributed by atoms with Gasteiger partial charge in [-0.3, -0.25) is 0 Å². The van der Waals surface area contributed by atoms with E-state index < -0.39 is 0 Å². The molecule has 0 saturated carbocycles. The highest BCUT2D eigenvalue weighted by Gasteiger charge is 2.21. The summed E-state index contributed by atoms with van der Waals surface area (Å²) in [5.74, 6) is 0. The van der Waals surface area contributed by atoms with E-state index in [2.05, 4.69) is 45.9 Å². The quantitative estimate of drug-likeness (QED) is 0.724. The fourth-order valence-corrected chi connectivity index (χ4v) is 3.11.